The summed E-state index contributed by atoms with van der Waals surface area (Å²) in [5.41, 5.74) is -2.53. The van der Waals surface area contributed by atoms with Crippen LogP contribution in [0.5, 0.6) is 0 Å². The number of amides is 1. The lowest BCUT2D eigenvalue weighted by Crippen LogP contribution is -2.50. The molecule has 0 saturated carbocycles. The number of nitrogens with one attached hydrogen (secondary N) is 1. The zero-order valence-corrected chi connectivity index (χ0v) is 16.0. The van der Waals surface area contributed by atoms with Crippen LogP contribution >= 0.6 is 11.3 Å². The Morgan fingerprint density at radius 3 is 2.27 bits per heavy atom. The van der Waals surface area contributed by atoms with E-state index in [0.29, 0.717) is 10.4 Å². The molecule has 140 valence electrons. The van der Waals surface area contributed by atoms with E-state index >= 15 is 0 Å². The van der Waals surface area contributed by atoms with Gasteiger partial charge in [-0.2, -0.15) is 0 Å². The molecule has 6 nitrogen and oxygen atoms in total. The number of methoxy groups -OCH3 is 1. The third kappa shape index (κ3) is 4.42. The molecule has 1 aromatic heterocycles. The average molecular weight is 377 g/mol. The molecule has 0 bridgehead atoms. The third-order valence-corrected chi connectivity index (χ3v) is 4.55. The van der Waals surface area contributed by atoms with Crippen molar-refractivity contribution >= 4 is 23.4 Å². The fourth-order valence-corrected chi connectivity index (χ4v) is 3.35. The van der Waals surface area contributed by atoms with Crippen LogP contribution in [0.4, 0.5) is 4.79 Å². The van der Waals surface area contributed by atoms with E-state index in [9.17, 15) is 14.7 Å². The highest BCUT2D eigenvalue weighted by atomic mass is 32.1. The molecule has 1 heterocycles. The Labute approximate surface area is 156 Å². The predicted molar refractivity (Wildman–Crippen MR) is 98.8 cm³/mol. The van der Waals surface area contributed by atoms with Crippen molar-refractivity contribution in [1.82, 2.24) is 5.32 Å². The van der Waals surface area contributed by atoms with E-state index < -0.39 is 29.3 Å². The van der Waals surface area contributed by atoms with Crippen molar-refractivity contribution in [3.8, 4) is 0 Å². The van der Waals surface area contributed by atoms with Gasteiger partial charge < -0.3 is 19.9 Å². The summed E-state index contributed by atoms with van der Waals surface area (Å²) in [5.74, 6) is -0.877. The first-order valence-electron chi connectivity index (χ1n) is 8.07. The number of thiophene rings is 1. The molecule has 1 aromatic carbocycles. The van der Waals surface area contributed by atoms with Crippen LogP contribution in [0, 0.1) is 0 Å². The van der Waals surface area contributed by atoms with Gasteiger partial charge in [0.1, 0.15) is 11.6 Å². The monoisotopic (exact) mass is 377 g/mol. The predicted octanol–water partition coefficient (Wildman–Crippen LogP) is 3.37. The highest BCUT2D eigenvalue weighted by Crippen LogP contribution is 2.38. The van der Waals surface area contributed by atoms with Gasteiger partial charge in [0.25, 0.3) is 0 Å². The topological polar surface area (TPSA) is 84.9 Å². The van der Waals surface area contributed by atoms with E-state index in [1.807, 2.05) is 0 Å². The number of aliphatic hydroxyl groups is 1. The minimum atomic E-state index is -2.11. The number of carbonyl (C=O) groups excluding carboxylic acids is 2. The summed E-state index contributed by atoms with van der Waals surface area (Å²) < 4.78 is 10.2. The summed E-state index contributed by atoms with van der Waals surface area (Å²) in [6, 6.07) is 10.8. The zero-order valence-electron chi connectivity index (χ0n) is 15.2. The molecule has 0 radical (unpaired) electrons. The summed E-state index contributed by atoms with van der Waals surface area (Å²) in [7, 11) is 1.19. The van der Waals surface area contributed by atoms with Gasteiger partial charge in [0.2, 0.25) is 5.60 Å². The molecule has 26 heavy (non-hydrogen) atoms. The summed E-state index contributed by atoms with van der Waals surface area (Å²) in [6.07, 6.45) is -0.742. The molecular formula is C19H23NO5S. The Bertz CT molecular complexity index is 739. The molecule has 0 spiro atoms. The Hall–Kier alpha value is -2.38. The van der Waals surface area contributed by atoms with E-state index in [0.717, 1.165) is 0 Å². The molecule has 0 fully saturated rings. The van der Waals surface area contributed by atoms with E-state index in [-0.39, 0.29) is 0 Å². The molecule has 2 N–H and O–H groups in total. The number of carbonyl (C=O) groups is 2. The second-order valence-corrected chi connectivity index (χ2v) is 7.70. The van der Waals surface area contributed by atoms with Crippen molar-refractivity contribution < 1.29 is 24.2 Å². The highest BCUT2D eigenvalue weighted by Gasteiger charge is 2.49. The maximum Gasteiger partial charge on any atom is 0.408 e. The van der Waals surface area contributed by atoms with Gasteiger partial charge in [0.05, 0.1) is 7.11 Å². The van der Waals surface area contributed by atoms with Crippen molar-refractivity contribution in [2.45, 2.75) is 38.0 Å². The summed E-state index contributed by atoms with van der Waals surface area (Å²) in [5, 5.41) is 15.8. The average Bonchev–Trinajstić information content (AvgIpc) is 3.11. The molecule has 7 heteroatoms. The van der Waals surface area contributed by atoms with Gasteiger partial charge in [0, 0.05) is 4.88 Å². The van der Waals surface area contributed by atoms with E-state index in [4.69, 9.17) is 9.47 Å². The first kappa shape index (κ1) is 19.9. The molecule has 0 aliphatic rings. The van der Waals surface area contributed by atoms with Crippen LogP contribution in [-0.2, 0) is 19.9 Å². The first-order valence-corrected chi connectivity index (χ1v) is 8.95. The van der Waals surface area contributed by atoms with Crippen LogP contribution in [0.25, 0.3) is 0 Å². The van der Waals surface area contributed by atoms with Crippen LogP contribution < -0.4 is 5.32 Å². The van der Waals surface area contributed by atoms with Gasteiger partial charge >= 0.3 is 12.1 Å². The number of benzene rings is 1. The third-order valence-electron chi connectivity index (χ3n) is 3.62. The highest BCUT2D eigenvalue weighted by molar-refractivity contribution is 7.10. The minimum absolute atomic E-state index is 0.307. The van der Waals surface area contributed by atoms with E-state index in [1.165, 1.54) is 18.4 Å². The van der Waals surface area contributed by atoms with Gasteiger partial charge in [-0.25, -0.2) is 9.59 Å². The van der Waals surface area contributed by atoms with Crippen molar-refractivity contribution in [2.75, 3.05) is 7.11 Å². The summed E-state index contributed by atoms with van der Waals surface area (Å²) in [4.78, 5) is 25.5. The number of hydrogen-bond acceptors (Lipinski definition) is 6. The Morgan fingerprint density at radius 1 is 1.12 bits per heavy atom. The Morgan fingerprint density at radius 2 is 1.77 bits per heavy atom. The second kappa shape index (κ2) is 7.88. The quantitative estimate of drug-likeness (QED) is 0.781. The SMILES string of the molecule is COC(=O)[C@@](O)(c1ccccc1)[C@H](NC(=O)OC(C)(C)C)c1cccs1. The molecule has 1 amide bonds. The molecule has 0 aliphatic carbocycles. The van der Waals surface area contributed by atoms with Gasteiger partial charge in [-0.1, -0.05) is 36.4 Å². The van der Waals surface area contributed by atoms with Gasteiger partial charge in [-0.15, -0.1) is 11.3 Å². The van der Waals surface area contributed by atoms with E-state index in [1.54, 1.807) is 68.6 Å². The van der Waals surface area contributed by atoms with Crippen LogP contribution in [0.2, 0.25) is 0 Å². The minimum Gasteiger partial charge on any atom is -0.467 e. The molecule has 2 atom stereocenters. The molecule has 2 rings (SSSR count). The van der Waals surface area contributed by atoms with Crippen molar-refractivity contribution in [1.29, 1.82) is 0 Å². The fraction of sp³-hybridized carbons (Fsp3) is 0.368. The second-order valence-electron chi connectivity index (χ2n) is 6.72. The Kier molecular flexibility index (Phi) is 6.05. The van der Waals surface area contributed by atoms with Crippen molar-refractivity contribution in [3.63, 3.8) is 0 Å². The molecule has 2 aromatic rings. The Balaban J connectivity index is 2.50. The summed E-state index contributed by atoms with van der Waals surface area (Å²) >= 11 is 1.30. The number of alkyl carbamates (subject to hydrolysis) is 1. The maximum atomic E-state index is 12.6. The van der Waals surface area contributed by atoms with E-state index in [2.05, 4.69) is 5.32 Å². The molecule has 0 aliphatic heterocycles. The number of esters is 1. The lowest BCUT2D eigenvalue weighted by Gasteiger charge is -2.34. The fourth-order valence-electron chi connectivity index (χ4n) is 2.51. The zero-order chi connectivity index (χ0) is 19.4. The van der Waals surface area contributed by atoms with Gasteiger partial charge in [-0.05, 0) is 37.8 Å². The van der Waals surface area contributed by atoms with Crippen LogP contribution in [0.3, 0.4) is 0 Å². The van der Waals surface area contributed by atoms with Crippen LogP contribution in [-0.4, -0.2) is 29.9 Å². The number of rotatable bonds is 5. The van der Waals surface area contributed by atoms with Crippen molar-refractivity contribution in [3.05, 3.63) is 58.3 Å². The normalized spacial score (nSPS) is 14.8. The molecule has 0 saturated heterocycles. The van der Waals surface area contributed by atoms with Gasteiger partial charge in [0.15, 0.2) is 0 Å². The first-order chi connectivity index (χ1) is 12.2. The lowest BCUT2D eigenvalue weighted by molar-refractivity contribution is -0.167. The largest absolute Gasteiger partial charge is 0.467 e. The number of ether oxygens (including phenoxy) is 2. The maximum absolute atomic E-state index is 12.6. The van der Waals surface area contributed by atoms with Crippen LogP contribution in [0.15, 0.2) is 47.8 Å². The summed E-state index contributed by atoms with van der Waals surface area (Å²) in [6.45, 7) is 5.20. The number of hydrogen-bond donors (Lipinski definition) is 2. The van der Waals surface area contributed by atoms with Crippen LogP contribution in [0.1, 0.15) is 37.3 Å². The smallest absolute Gasteiger partial charge is 0.408 e. The molecular weight excluding hydrogens is 354 g/mol. The van der Waals surface area contributed by atoms with Gasteiger partial charge in [-0.3, -0.25) is 0 Å². The lowest BCUT2D eigenvalue weighted by atomic mass is 9.85. The standard InChI is InChI=1S/C19H23NO5S/c1-18(2,3)25-17(22)20-15(14-11-8-12-26-14)19(23,16(21)24-4)13-9-6-5-7-10-13/h5-12,15,23H,1-4H3,(H,20,22)/t15-,19-/m1/s1. The molecule has 0 unspecified atom stereocenters. The van der Waals surface area contributed by atoms with Crippen molar-refractivity contribution in [2.24, 2.45) is 0 Å².